The fraction of sp³-hybridized carbons (Fsp3) is 0.900. The molecule has 4 nitrogen and oxygen atoms in total. The van der Waals surface area contributed by atoms with Crippen LogP contribution in [0.2, 0.25) is 0 Å². The summed E-state index contributed by atoms with van der Waals surface area (Å²) in [6.45, 7) is 7.17. The van der Waals surface area contributed by atoms with Crippen molar-refractivity contribution < 1.29 is 9.90 Å². The van der Waals surface area contributed by atoms with Crippen molar-refractivity contribution in [2.45, 2.75) is 58.2 Å². The third-order valence-electron chi connectivity index (χ3n) is 2.43. The Morgan fingerprint density at radius 3 is 2.43 bits per heavy atom. The van der Waals surface area contributed by atoms with E-state index >= 15 is 0 Å². The van der Waals surface area contributed by atoms with E-state index in [1.54, 1.807) is 20.8 Å². The van der Waals surface area contributed by atoms with Crippen molar-refractivity contribution in [3.8, 4) is 0 Å². The van der Waals surface area contributed by atoms with E-state index in [4.69, 9.17) is 5.73 Å². The zero-order valence-corrected chi connectivity index (χ0v) is 9.50. The molecule has 4 N–H and O–H groups in total. The monoisotopic (exact) mass is 202 g/mol. The van der Waals surface area contributed by atoms with Crippen LogP contribution in [-0.4, -0.2) is 28.7 Å². The predicted octanol–water partition coefficient (Wildman–Crippen LogP) is 0.389. The normalized spacial score (nSPS) is 16.1. The van der Waals surface area contributed by atoms with Gasteiger partial charge >= 0.3 is 0 Å². The van der Waals surface area contributed by atoms with Crippen LogP contribution in [0.5, 0.6) is 0 Å². The van der Waals surface area contributed by atoms with Crippen LogP contribution in [0.1, 0.15) is 40.5 Å². The first kappa shape index (κ1) is 13.4. The van der Waals surface area contributed by atoms with Crippen LogP contribution < -0.4 is 11.1 Å². The third-order valence-corrected chi connectivity index (χ3v) is 2.43. The van der Waals surface area contributed by atoms with Crippen molar-refractivity contribution in [3.63, 3.8) is 0 Å². The summed E-state index contributed by atoms with van der Waals surface area (Å²) >= 11 is 0. The molecule has 0 aromatic heterocycles. The van der Waals surface area contributed by atoms with Crippen molar-refractivity contribution in [2.75, 3.05) is 0 Å². The Morgan fingerprint density at radius 2 is 2.07 bits per heavy atom. The fourth-order valence-electron chi connectivity index (χ4n) is 0.957. The second-order valence-corrected chi connectivity index (χ2v) is 4.28. The lowest BCUT2D eigenvalue weighted by Crippen LogP contribution is -2.55. The van der Waals surface area contributed by atoms with E-state index in [-0.39, 0.29) is 5.91 Å². The number of amides is 1. The SMILES string of the molecule is CCC[C@H](N)C(=O)NC(C)(C)C(C)O. The number of hydrogen-bond donors (Lipinski definition) is 3. The first-order valence-corrected chi connectivity index (χ1v) is 5.07. The van der Waals surface area contributed by atoms with E-state index in [9.17, 15) is 9.90 Å². The van der Waals surface area contributed by atoms with Gasteiger partial charge in [-0.25, -0.2) is 0 Å². The number of aliphatic hydroxyl groups excluding tert-OH is 1. The summed E-state index contributed by atoms with van der Waals surface area (Å²) in [5.41, 5.74) is 5.02. The highest BCUT2D eigenvalue weighted by molar-refractivity contribution is 5.82. The van der Waals surface area contributed by atoms with E-state index < -0.39 is 17.7 Å². The van der Waals surface area contributed by atoms with E-state index in [0.717, 1.165) is 6.42 Å². The first-order chi connectivity index (χ1) is 6.31. The van der Waals surface area contributed by atoms with Crippen LogP contribution in [0.15, 0.2) is 0 Å². The first-order valence-electron chi connectivity index (χ1n) is 5.07. The van der Waals surface area contributed by atoms with Crippen LogP contribution in [0.3, 0.4) is 0 Å². The summed E-state index contributed by atoms with van der Waals surface area (Å²) in [4.78, 5) is 11.5. The number of rotatable bonds is 5. The Labute approximate surface area is 85.9 Å². The largest absolute Gasteiger partial charge is 0.391 e. The summed E-state index contributed by atoms with van der Waals surface area (Å²) in [5, 5.41) is 12.1. The van der Waals surface area contributed by atoms with E-state index in [0.29, 0.717) is 6.42 Å². The van der Waals surface area contributed by atoms with E-state index in [1.807, 2.05) is 6.92 Å². The minimum atomic E-state index is -0.623. The molecule has 0 spiro atoms. The van der Waals surface area contributed by atoms with Gasteiger partial charge in [-0.15, -0.1) is 0 Å². The molecule has 0 saturated heterocycles. The molecule has 84 valence electrons. The Morgan fingerprint density at radius 1 is 1.57 bits per heavy atom. The Balaban J connectivity index is 4.17. The molecule has 0 bridgehead atoms. The summed E-state index contributed by atoms with van der Waals surface area (Å²) in [5.74, 6) is -0.197. The van der Waals surface area contributed by atoms with Crippen molar-refractivity contribution >= 4 is 5.91 Å². The molecule has 0 fully saturated rings. The number of carbonyl (C=O) groups excluding carboxylic acids is 1. The molecule has 2 atom stereocenters. The average Bonchev–Trinajstić information content (AvgIpc) is 2.03. The average molecular weight is 202 g/mol. The van der Waals surface area contributed by atoms with Gasteiger partial charge in [0.2, 0.25) is 5.91 Å². The fourth-order valence-corrected chi connectivity index (χ4v) is 0.957. The molecule has 0 saturated carbocycles. The van der Waals surface area contributed by atoms with Gasteiger partial charge in [-0.3, -0.25) is 4.79 Å². The quantitative estimate of drug-likeness (QED) is 0.603. The van der Waals surface area contributed by atoms with E-state index in [2.05, 4.69) is 5.32 Å². The maximum atomic E-state index is 11.5. The number of aliphatic hydroxyl groups is 1. The van der Waals surface area contributed by atoms with Crippen LogP contribution >= 0.6 is 0 Å². The standard InChI is InChI=1S/C10H22N2O2/c1-5-6-8(11)9(14)12-10(3,4)7(2)13/h7-8,13H,5-6,11H2,1-4H3,(H,12,14)/t7?,8-/m0/s1. The lowest BCUT2D eigenvalue weighted by Gasteiger charge is -2.30. The second-order valence-electron chi connectivity index (χ2n) is 4.28. The highest BCUT2D eigenvalue weighted by Crippen LogP contribution is 2.08. The zero-order valence-electron chi connectivity index (χ0n) is 9.50. The minimum absolute atomic E-state index is 0.197. The van der Waals surface area contributed by atoms with Crippen LogP contribution in [-0.2, 0) is 4.79 Å². The molecular weight excluding hydrogens is 180 g/mol. The van der Waals surface area contributed by atoms with Gasteiger partial charge in [0.15, 0.2) is 0 Å². The molecule has 1 unspecified atom stereocenters. The van der Waals surface area contributed by atoms with Gasteiger partial charge in [0, 0.05) is 0 Å². The summed E-state index contributed by atoms with van der Waals surface area (Å²) in [6.07, 6.45) is 0.950. The highest BCUT2D eigenvalue weighted by atomic mass is 16.3. The number of nitrogens with two attached hydrogens (primary N) is 1. The van der Waals surface area contributed by atoms with Crippen molar-refractivity contribution in [1.29, 1.82) is 0 Å². The summed E-state index contributed by atoms with van der Waals surface area (Å²) in [7, 11) is 0. The lowest BCUT2D eigenvalue weighted by atomic mass is 9.98. The van der Waals surface area contributed by atoms with Gasteiger partial charge in [-0.05, 0) is 27.2 Å². The van der Waals surface area contributed by atoms with Gasteiger partial charge < -0.3 is 16.2 Å². The van der Waals surface area contributed by atoms with Crippen molar-refractivity contribution in [3.05, 3.63) is 0 Å². The Kier molecular flexibility index (Phi) is 5.08. The Bertz CT molecular complexity index is 191. The zero-order chi connectivity index (χ0) is 11.4. The lowest BCUT2D eigenvalue weighted by molar-refractivity contribution is -0.125. The van der Waals surface area contributed by atoms with Crippen molar-refractivity contribution in [1.82, 2.24) is 5.32 Å². The topological polar surface area (TPSA) is 75.4 Å². The maximum absolute atomic E-state index is 11.5. The predicted molar refractivity (Wildman–Crippen MR) is 56.8 cm³/mol. The molecule has 0 rings (SSSR count). The molecule has 14 heavy (non-hydrogen) atoms. The highest BCUT2D eigenvalue weighted by Gasteiger charge is 2.27. The van der Waals surface area contributed by atoms with Gasteiger partial charge in [0.25, 0.3) is 0 Å². The molecule has 0 aliphatic carbocycles. The van der Waals surface area contributed by atoms with Crippen LogP contribution in [0.4, 0.5) is 0 Å². The van der Waals surface area contributed by atoms with Gasteiger partial charge in [0.1, 0.15) is 0 Å². The van der Waals surface area contributed by atoms with Gasteiger partial charge in [-0.1, -0.05) is 13.3 Å². The van der Waals surface area contributed by atoms with Gasteiger partial charge in [-0.2, -0.15) is 0 Å². The maximum Gasteiger partial charge on any atom is 0.237 e. The molecule has 0 aromatic rings. The molecule has 0 aromatic carbocycles. The van der Waals surface area contributed by atoms with Crippen LogP contribution in [0, 0.1) is 0 Å². The molecule has 0 heterocycles. The molecular formula is C10H22N2O2. The summed E-state index contributed by atoms with van der Waals surface area (Å²) in [6, 6.07) is -0.474. The molecule has 0 radical (unpaired) electrons. The number of nitrogens with one attached hydrogen (secondary N) is 1. The molecule has 1 amide bonds. The third kappa shape index (κ3) is 4.07. The van der Waals surface area contributed by atoms with E-state index in [1.165, 1.54) is 0 Å². The number of hydrogen-bond acceptors (Lipinski definition) is 3. The molecule has 0 aliphatic heterocycles. The molecule has 0 aliphatic rings. The van der Waals surface area contributed by atoms with Gasteiger partial charge in [0.05, 0.1) is 17.7 Å². The second kappa shape index (κ2) is 5.32. The molecule has 4 heteroatoms. The van der Waals surface area contributed by atoms with Crippen LogP contribution in [0.25, 0.3) is 0 Å². The minimum Gasteiger partial charge on any atom is -0.391 e. The summed E-state index contributed by atoms with van der Waals surface area (Å²) < 4.78 is 0. The smallest absolute Gasteiger partial charge is 0.237 e. The number of carbonyl (C=O) groups is 1. The van der Waals surface area contributed by atoms with Crippen molar-refractivity contribution in [2.24, 2.45) is 5.73 Å². The Hall–Kier alpha value is -0.610.